The number of likely N-dealkylation sites (tertiary alicyclic amines) is 1. The van der Waals surface area contributed by atoms with Gasteiger partial charge in [-0.05, 0) is 18.6 Å². The van der Waals surface area contributed by atoms with E-state index in [2.05, 4.69) is 20.5 Å². The average molecular weight is 236 g/mol. The van der Waals surface area contributed by atoms with Gasteiger partial charge in [0.1, 0.15) is 5.65 Å². The van der Waals surface area contributed by atoms with Crippen molar-refractivity contribution in [3.63, 3.8) is 0 Å². The first kappa shape index (κ1) is 10.1. The Labute approximate surface area is 99.7 Å². The van der Waals surface area contributed by atoms with Crippen LogP contribution in [0.1, 0.15) is 12.1 Å². The number of nitrogens with zero attached hydrogens (tertiary/aromatic N) is 3. The molecule has 3 nitrogen and oxygen atoms in total. The molecule has 1 saturated heterocycles. The minimum absolute atomic E-state index is 0.317. The van der Waals surface area contributed by atoms with Crippen LogP contribution in [-0.2, 0) is 6.54 Å². The molecular formula is C12H14ClN3. The number of alkyl halides is 1. The van der Waals surface area contributed by atoms with E-state index in [0.717, 1.165) is 37.4 Å². The highest BCUT2D eigenvalue weighted by Crippen LogP contribution is 2.17. The smallest absolute Gasteiger partial charge is 0.137 e. The summed E-state index contributed by atoms with van der Waals surface area (Å²) in [5, 5.41) is 0.317. The van der Waals surface area contributed by atoms with Gasteiger partial charge in [0.2, 0.25) is 0 Å². The van der Waals surface area contributed by atoms with E-state index in [4.69, 9.17) is 11.6 Å². The van der Waals surface area contributed by atoms with Crippen molar-refractivity contribution in [2.24, 2.45) is 0 Å². The van der Waals surface area contributed by atoms with Gasteiger partial charge in [0.25, 0.3) is 0 Å². The number of aromatic nitrogens is 2. The fraction of sp³-hybridized carbons (Fsp3) is 0.417. The maximum absolute atomic E-state index is 6.08. The third-order valence-electron chi connectivity index (χ3n) is 3.01. The Bertz CT molecular complexity index is 461. The first-order valence-electron chi connectivity index (χ1n) is 5.60. The molecule has 1 aliphatic rings. The molecular weight excluding hydrogens is 222 g/mol. The molecule has 0 amide bonds. The molecule has 0 aliphatic carbocycles. The Balaban J connectivity index is 1.79. The molecule has 0 N–H and O–H groups in total. The van der Waals surface area contributed by atoms with E-state index in [-0.39, 0.29) is 0 Å². The second-order valence-electron chi connectivity index (χ2n) is 4.32. The van der Waals surface area contributed by atoms with Crippen molar-refractivity contribution in [3.05, 3.63) is 36.3 Å². The maximum atomic E-state index is 6.08. The molecule has 2 aromatic heterocycles. The monoisotopic (exact) mass is 235 g/mol. The van der Waals surface area contributed by atoms with Gasteiger partial charge in [0.05, 0.1) is 5.69 Å². The normalized spacial score (nSPS) is 21.9. The quantitative estimate of drug-likeness (QED) is 0.744. The van der Waals surface area contributed by atoms with Crippen LogP contribution in [0.15, 0.2) is 30.6 Å². The molecule has 1 fully saturated rings. The Morgan fingerprint density at radius 1 is 1.44 bits per heavy atom. The fourth-order valence-corrected chi connectivity index (χ4v) is 2.51. The highest BCUT2D eigenvalue weighted by molar-refractivity contribution is 6.20. The number of fused-ring (bicyclic) bond motifs is 1. The number of hydrogen-bond acceptors (Lipinski definition) is 2. The maximum Gasteiger partial charge on any atom is 0.137 e. The summed E-state index contributed by atoms with van der Waals surface area (Å²) in [5.41, 5.74) is 2.14. The minimum atomic E-state index is 0.317. The van der Waals surface area contributed by atoms with E-state index in [1.807, 2.05) is 24.4 Å². The molecule has 3 heterocycles. The highest BCUT2D eigenvalue weighted by Gasteiger charge is 2.20. The van der Waals surface area contributed by atoms with E-state index in [9.17, 15) is 0 Å². The molecule has 0 saturated carbocycles. The summed E-state index contributed by atoms with van der Waals surface area (Å²) < 4.78 is 2.06. The lowest BCUT2D eigenvalue weighted by molar-refractivity contribution is 0.328. The summed E-state index contributed by atoms with van der Waals surface area (Å²) in [5.74, 6) is 0. The SMILES string of the molecule is ClC1CCN(Cc2cn3ccccc3n2)C1. The van der Waals surface area contributed by atoms with Crippen LogP contribution >= 0.6 is 11.6 Å². The van der Waals surface area contributed by atoms with E-state index < -0.39 is 0 Å². The molecule has 1 atom stereocenters. The number of imidazole rings is 1. The lowest BCUT2D eigenvalue weighted by Gasteiger charge is -2.12. The van der Waals surface area contributed by atoms with E-state index in [1.54, 1.807) is 0 Å². The molecule has 0 radical (unpaired) electrons. The molecule has 3 rings (SSSR count). The molecule has 84 valence electrons. The molecule has 4 heteroatoms. The zero-order valence-electron chi connectivity index (χ0n) is 9.01. The fourth-order valence-electron chi connectivity index (χ4n) is 2.22. The number of rotatable bonds is 2. The average Bonchev–Trinajstić information content (AvgIpc) is 2.84. The Kier molecular flexibility index (Phi) is 2.58. The number of pyridine rings is 1. The summed E-state index contributed by atoms with van der Waals surface area (Å²) in [7, 11) is 0. The molecule has 2 aromatic rings. The summed E-state index contributed by atoms with van der Waals surface area (Å²) in [6.45, 7) is 2.97. The van der Waals surface area contributed by atoms with E-state index in [0.29, 0.717) is 5.38 Å². The minimum Gasteiger partial charge on any atom is -0.307 e. The van der Waals surface area contributed by atoms with Crippen molar-refractivity contribution in [1.82, 2.24) is 14.3 Å². The van der Waals surface area contributed by atoms with Crippen LogP contribution in [0.4, 0.5) is 0 Å². The Morgan fingerprint density at radius 3 is 3.12 bits per heavy atom. The first-order valence-corrected chi connectivity index (χ1v) is 6.04. The van der Waals surface area contributed by atoms with Crippen molar-refractivity contribution < 1.29 is 0 Å². The van der Waals surface area contributed by atoms with Gasteiger partial charge in [-0.2, -0.15) is 0 Å². The second kappa shape index (κ2) is 4.07. The standard InChI is InChI=1S/C12H14ClN3/c13-10-4-6-15(7-10)8-11-9-16-5-2-1-3-12(16)14-11/h1-3,5,9-10H,4,6-8H2. The number of halogens is 1. The van der Waals surface area contributed by atoms with E-state index in [1.165, 1.54) is 0 Å². The lowest BCUT2D eigenvalue weighted by atomic mass is 10.4. The van der Waals surface area contributed by atoms with Crippen molar-refractivity contribution in [3.8, 4) is 0 Å². The number of hydrogen-bond donors (Lipinski definition) is 0. The van der Waals surface area contributed by atoms with Crippen LogP contribution in [0.5, 0.6) is 0 Å². The van der Waals surface area contributed by atoms with Crippen LogP contribution in [-0.4, -0.2) is 32.8 Å². The van der Waals surface area contributed by atoms with Crippen LogP contribution in [0.25, 0.3) is 5.65 Å². The van der Waals surface area contributed by atoms with Gasteiger partial charge in [0.15, 0.2) is 0 Å². The predicted molar refractivity (Wildman–Crippen MR) is 64.7 cm³/mol. The van der Waals surface area contributed by atoms with Gasteiger partial charge in [-0.25, -0.2) is 4.98 Å². The first-order chi connectivity index (χ1) is 7.81. The predicted octanol–water partition coefficient (Wildman–Crippen LogP) is 2.15. The van der Waals surface area contributed by atoms with Gasteiger partial charge < -0.3 is 4.40 Å². The molecule has 0 bridgehead atoms. The molecule has 0 spiro atoms. The molecule has 16 heavy (non-hydrogen) atoms. The summed E-state index contributed by atoms with van der Waals surface area (Å²) in [6.07, 6.45) is 5.21. The van der Waals surface area contributed by atoms with Gasteiger partial charge in [-0.3, -0.25) is 4.90 Å². The molecule has 1 aliphatic heterocycles. The second-order valence-corrected chi connectivity index (χ2v) is 4.94. The summed E-state index contributed by atoms with van der Waals surface area (Å²) in [6, 6.07) is 6.05. The van der Waals surface area contributed by atoms with Crippen molar-refractivity contribution in [2.75, 3.05) is 13.1 Å². The highest BCUT2D eigenvalue weighted by atomic mass is 35.5. The van der Waals surface area contributed by atoms with Gasteiger partial charge in [-0.1, -0.05) is 6.07 Å². The summed E-state index contributed by atoms with van der Waals surface area (Å²) in [4.78, 5) is 6.94. The van der Waals surface area contributed by atoms with E-state index >= 15 is 0 Å². The van der Waals surface area contributed by atoms with Crippen LogP contribution in [0, 0.1) is 0 Å². The summed E-state index contributed by atoms with van der Waals surface area (Å²) >= 11 is 6.08. The van der Waals surface area contributed by atoms with Crippen LogP contribution < -0.4 is 0 Å². The largest absolute Gasteiger partial charge is 0.307 e. The van der Waals surface area contributed by atoms with Crippen molar-refractivity contribution >= 4 is 17.2 Å². The zero-order valence-corrected chi connectivity index (χ0v) is 9.77. The third kappa shape index (κ3) is 1.93. The molecule has 1 unspecified atom stereocenters. The van der Waals surface area contributed by atoms with Crippen LogP contribution in [0.3, 0.4) is 0 Å². The van der Waals surface area contributed by atoms with Crippen LogP contribution in [0.2, 0.25) is 0 Å². The third-order valence-corrected chi connectivity index (χ3v) is 3.37. The lowest BCUT2D eigenvalue weighted by Crippen LogP contribution is -2.20. The van der Waals surface area contributed by atoms with Crippen molar-refractivity contribution in [2.45, 2.75) is 18.3 Å². The topological polar surface area (TPSA) is 20.5 Å². The zero-order chi connectivity index (χ0) is 11.0. The Morgan fingerprint density at radius 2 is 2.38 bits per heavy atom. The molecule has 0 aromatic carbocycles. The van der Waals surface area contributed by atoms with Gasteiger partial charge >= 0.3 is 0 Å². The van der Waals surface area contributed by atoms with Crippen molar-refractivity contribution in [1.29, 1.82) is 0 Å². The van der Waals surface area contributed by atoms with Gasteiger partial charge in [-0.15, -0.1) is 11.6 Å². The van der Waals surface area contributed by atoms with Gasteiger partial charge in [0, 0.05) is 37.4 Å². The Hall–Kier alpha value is -1.06.